The molecule has 1 aromatic heterocycles. The van der Waals surface area contributed by atoms with E-state index in [1.165, 1.54) is 6.07 Å². The number of anilines is 1. The van der Waals surface area contributed by atoms with Crippen molar-refractivity contribution in [3.8, 4) is 0 Å². The number of pyridine rings is 1. The molecule has 1 aliphatic rings. The normalized spacial score (nSPS) is 18.5. The Hall–Kier alpha value is -2.44. The fourth-order valence-corrected chi connectivity index (χ4v) is 2.07. The first kappa shape index (κ1) is 15.0. The van der Waals surface area contributed by atoms with Crippen LogP contribution in [0.1, 0.15) is 48.7 Å². The number of hydrogen-bond acceptors (Lipinski definition) is 5. The Kier molecular flexibility index (Phi) is 4.21. The quantitative estimate of drug-likeness (QED) is 0.694. The first-order valence-electron chi connectivity index (χ1n) is 6.79. The molecule has 3 amide bonds. The monoisotopic (exact) mass is 290 g/mol. The lowest BCUT2D eigenvalue weighted by molar-refractivity contribution is -0.134. The van der Waals surface area contributed by atoms with Crippen LogP contribution in [0.25, 0.3) is 0 Å². The summed E-state index contributed by atoms with van der Waals surface area (Å²) in [6.45, 7) is 3.90. The van der Waals surface area contributed by atoms with Crippen molar-refractivity contribution in [1.29, 1.82) is 0 Å². The summed E-state index contributed by atoms with van der Waals surface area (Å²) in [6, 6.07) is 2.42. The highest BCUT2D eigenvalue weighted by Gasteiger charge is 2.28. The van der Waals surface area contributed by atoms with Crippen LogP contribution in [0.4, 0.5) is 5.82 Å². The third-order valence-electron chi connectivity index (χ3n) is 3.26. The highest BCUT2D eigenvalue weighted by molar-refractivity contribution is 6.03. The van der Waals surface area contributed by atoms with Crippen molar-refractivity contribution in [2.45, 2.75) is 38.6 Å². The van der Waals surface area contributed by atoms with E-state index < -0.39 is 17.9 Å². The molecule has 1 fully saturated rings. The van der Waals surface area contributed by atoms with E-state index in [1.807, 2.05) is 13.8 Å². The minimum absolute atomic E-state index is 0.135. The van der Waals surface area contributed by atoms with Crippen molar-refractivity contribution in [3.63, 3.8) is 0 Å². The molecular formula is C14H18N4O3. The fourth-order valence-electron chi connectivity index (χ4n) is 2.07. The number of nitrogens with zero attached hydrogens (tertiary/aromatic N) is 1. The van der Waals surface area contributed by atoms with Crippen molar-refractivity contribution in [1.82, 2.24) is 15.6 Å². The molecule has 1 aromatic rings. The number of nitrogen functional groups attached to an aromatic ring is 1. The molecule has 1 unspecified atom stereocenters. The molecule has 1 saturated heterocycles. The first-order valence-corrected chi connectivity index (χ1v) is 6.79. The van der Waals surface area contributed by atoms with E-state index >= 15 is 0 Å². The molecule has 112 valence electrons. The molecule has 21 heavy (non-hydrogen) atoms. The van der Waals surface area contributed by atoms with Crippen molar-refractivity contribution >= 4 is 23.5 Å². The van der Waals surface area contributed by atoms with E-state index in [0.717, 1.165) is 0 Å². The molecule has 7 heteroatoms. The molecule has 0 aromatic carbocycles. The molecule has 0 radical (unpaired) electrons. The SMILES string of the molecule is CC(C)c1cc(C(=O)NC2CCC(=O)NC2=O)cc(N)n1. The largest absolute Gasteiger partial charge is 0.384 e. The minimum Gasteiger partial charge on any atom is -0.384 e. The van der Waals surface area contributed by atoms with Gasteiger partial charge < -0.3 is 11.1 Å². The second-order valence-electron chi connectivity index (χ2n) is 5.34. The Morgan fingerprint density at radius 2 is 2.14 bits per heavy atom. The van der Waals surface area contributed by atoms with Crippen molar-refractivity contribution < 1.29 is 14.4 Å². The second-order valence-corrected chi connectivity index (χ2v) is 5.34. The summed E-state index contributed by atoms with van der Waals surface area (Å²) in [5.74, 6) is -0.808. The lowest BCUT2D eigenvalue weighted by Gasteiger charge is -2.22. The van der Waals surface area contributed by atoms with Gasteiger partial charge in [-0.25, -0.2) is 4.98 Å². The van der Waals surface area contributed by atoms with Crippen LogP contribution in [0.15, 0.2) is 12.1 Å². The predicted octanol–water partition coefficient (Wildman–Crippen LogP) is 0.322. The standard InChI is InChI=1S/C14H18N4O3/c1-7(2)10-5-8(6-11(15)16-10)13(20)17-9-3-4-12(19)18-14(9)21/h5-7,9H,3-4H2,1-2H3,(H2,15,16)(H,17,20)(H,18,19,21). The molecule has 2 rings (SSSR count). The summed E-state index contributed by atoms with van der Waals surface area (Å²) in [7, 11) is 0. The lowest BCUT2D eigenvalue weighted by Crippen LogP contribution is -2.52. The maximum Gasteiger partial charge on any atom is 0.252 e. The number of carbonyl (C=O) groups is 3. The van der Waals surface area contributed by atoms with E-state index in [0.29, 0.717) is 17.7 Å². The van der Waals surface area contributed by atoms with Gasteiger partial charge in [-0.15, -0.1) is 0 Å². The topological polar surface area (TPSA) is 114 Å². The van der Waals surface area contributed by atoms with Gasteiger partial charge in [-0.3, -0.25) is 19.7 Å². The number of amides is 3. The number of rotatable bonds is 3. The molecule has 0 bridgehead atoms. The molecule has 0 aliphatic carbocycles. The Balaban J connectivity index is 2.13. The van der Waals surface area contributed by atoms with Crippen LogP contribution in [0.2, 0.25) is 0 Å². The van der Waals surface area contributed by atoms with Crippen molar-refractivity contribution in [2.24, 2.45) is 0 Å². The Bertz CT molecular complexity index is 598. The predicted molar refractivity (Wildman–Crippen MR) is 76.4 cm³/mol. The maximum atomic E-state index is 12.2. The zero-order chi connectivity index (χ0) is 15.6. The summed E-state index contributed by atoms with van der Waals surface area (Å²) in [5, 5.41) is 4.81. The number of aromatic nitrogens is 1. The minimum atomic E-state index is -0.702. The van der Waals surface area contributed by atoms with Gasteiger partial charge >= 0.3 is 0 Å². The van der Waals surface area contributed by atoms with Gasteiger partial charge in [0, 0.05) is 17.7 Å². The molecular weight excluding hydrogens is 272 g/mol. The Morgan fingerprint density at radius 3 is 2.76 bits per heavy atom. The number of nitrogens with one attached hydrogen (secondary N) is 2. The molecule has 0 saturated carbocycles. The van der Waals surface area contributed by atoms with E-state index in [4.69, 9.17) is 5.73 Å². The summed E-state index contributed by atoms with van der Waals surface area (Å²) in [4.78, 5) is 39.1. The molecule has 7 nitrogen and oxygen atoms in total. The van der Waals surface area contributed by atoms with E-state index in [1.54, 1.807) is 6.07 Å². The third-order valence-corrected chi connectivity index (χ3v) is 3.26. The van der Waals surface area contributed by atoms with Gasteiger partial charge in [0.1, 0.15) is 11.9 Å². The second kappa shape index (κ2) is 5.90. The zero-order valence-electron chi connectivity index (χ0n) is 12.0. The molecule has 4 N–H and O–H groups in total. The third kappa shape index (κ3) is 3.56. The van der Waals surface area contributed by atoms with Crippen molar-refractivity contribution in [2.75, 3.05) is 5.73 Å². The number of imide groups is 1. The van der Waals surface area contributed by atoms with Crippen LogP contribution in [0.3, 0.4) is 0 Å². The van der Waals surface area contributed by atoms with Crippen molar-refractivity contribution in [3.05, 3.63) is 23.4 Å². The Labute approximate surface area is 122 Å². The fraction of sp³-hybridized carbons (Fsp3) is 0.429. The number of nitrogens with two attached hydrogens (primary N) is 1. The van der Waals surface area contributed by atoms with Gasteiger partial charge in [-0.05, 0) is 24.5 Å². The first-order chi connectivity index (χ1) is 9.86. The zero-order valence-corrected chi connectivity index (χ0v) is 12.0. The van der Waals surface area contributed by atoms with E-state index in [9.17, 15) is 14.4 Å². The van der Waals surface area contributed by atoms with Gasteiger partial charge in [0.05, 0.1) is 0 Å². The summed E-state index contributed by atoms with van der Waals surface area (Å²) in [5.41, 5.74) is 6.77. The highest BCUT2D eigenvalue weighted by atomic mass is 16.2. The average Bonchev–Trinajstić information content (AvgIpc) is 2.41. The van der Waals surface area contributed by atoms with Gasteiger partial charge in [0.25, 0.3) is 5.91 Å². The molecule has 1 aliphatic heterocycles. The van der Waals surface area contributed by atoms with Crippen LogP contribution in [0, 0.1) is 0 Å². The summed E-state index contributed by atoms with van der Waals surface area (Å²) < 4.78 is 0. The lowest BCUT2D eigenvalue weighted by atomic mass is 10.0. The summed E-state index contributed by atoms with van der Waals surface area (Å²) in [6.07, 6.45) is 0.514. The van der Waals surface area contributed by atoms with Crippen LogP contribution >= 0.6 is 0 Å². The number of carbonyl (C=O) groups excluding carboxylic acids is 3. The van der Waals surface area contributed by atoms with Gasteiger partial charge in [0.2, 0.25) is 11.8 Å². The molecule has 2 heterocycles. The number of hydrogen-bond donors (Lipinski definition) is 3. The highest BCUT2D eigenvalue weighted by Crippen LogP contribution is 2.16. The molecule has 0 spiro atoms. The smallest absolute Gasteiger partial charge is 0.252 e. The van der Waals surface area contributed by atoms with Gasteiger partial charge in [-0.2, -0.15) is 0 Å². The summed E-state index contributed by atoms with van der Waals surface area (Å²) >= 11 is 0. The number of piperidine rings is 1. The van der Waals surface area contributed by atoms with Gasteiger partial charge in [0.15, 0.2) is 0 Å². The van der Waals surface area contributed by atoms with E-state index in [-0.39, 0.29) is 24.1 Å². The van der Waals surface area contributed by atoms with Gasteiger partial charge in [-0.1, -0.05) is 13.8 Å². The van der Waals surface area contributed by atoms with E-state index in [2.05, 4.69) is 15.6 Å². The Morgan fingerprint density at radius 1 is 1.43 bits per heavy atom. The van der Waals surface area contributed by atoms with Crippen LogP contribution in [-0.2, 0) is 9.59 Å². The van der Waals surface area contributed by atoms with Crippen LogP contribution in [0.5, 0.6) is 0 Å². The average molecular weight is 290 g/mol. The van der Waals surface area contributed by atoms with Crippen LogP contribution in [-0.4, -0.2) is 28.7 Å². The van der Waals surface area contributed by atoms with Crippen LogP contribution < -0.4 is 16.4 Å². The maximum absolute atomic E-state index is 12.2. The molecule has 1 atom stereocenters.